The third-order valence-corrected chi connectivity index (χ3v) is 7.00. The SMILES string of the molecule is Cc1sc(C)c(C(=O)NC2(c3ccc(C(=O)O)cc3)CC2)c1Cc1ccc(OC(F)(F)F)cc1. The average Bonchev–Trinajstić information content (AvgIpc) is 3.48. The van der Waals surface area contributed by atoms with Gasteiger partial charge in [-0.1, -0.05) is 24.3 Å². The number of amides is 1. The normalized spacial score (nSPS) is 14.5. The summed E-state index contributed by atoms with van der Waals surface area (Å²) in [5, 5.41) is 12.3. The third-order valence-electron chi connectivity index (χ3n) is 5.94. The predicted molar refractivity (Wildman–Crippen MR) is 122 cm³/mol. The molecule has 4 rings (SSSR count). The van der Waals surface area contributed by atoms with Crippen LogP contribution in [-0.4, -0.2) is 23.3 Å². The highest BCUT2D eigenvalue weighted by molar-refractivity contribution is 7.12. The Morgan fingerprint density at radius 1 is 1.03 bits per heavy atom. The zero-order valence-electron chi connectivity index (χ0n) is 18.5. The van der Waals surface area contributed by atoms with Gasteiger partial charge in [0.1, 0.15) is 5.75 Å². The van der Waals surface area contributed by atoms with Crippen LogP contribution in [0.3, 0.4) is 0 Å². The van der Waals surface area contributed by atoms with E-state index in [1.54, 1.807) is 24.3 Å². The van der Waals surface area contributed by atoms with E-state index in [0.29, 0.717) is 12.0 Å². The van der Waals surface area contributed by atoms with E-state index in [-0.39, 0.29) is 17.2 Å². The molecule has 2 aromatic carbocycles. The van der Waals surface area contributed by atoms with Crippen LogP contribution in [-0.2, 0) is 12.0 Å². The van der Waals surface area contributed by atoms with Crippen molar-refractivity contribution in [3.8, 4) is 5.75 Å². The van der Waals surface area contributed by atoms with Crippen LogP contribution in [0, 0.1) is 13.8 Å². The summed E-state index contributed by atoms with van der Waals surface area (Å²) < 4.78 is 41.2. The highest BCUT2D eigenvalue weighted by atomic mass is 32.1. The van der Waals surface area contributed by atoms with E-state index in [4.69, 9.17) is 5.11 Å². The number of nitrogens with one attached hydrogen (secondary N) is 1. The third kappa shape index (κ3) is 5.09. The van der Waals surface area contributed by atoms with Crippen LogP contribution < -0.4 is 10.1 Å². The van der Waals surface area contributed by atoms with Gasteiger partial charge in [0, 0.05) is 9.75 Å². The molecular weight excluding hydrogens is 467 g/mol. The van der Waals surface area contributed by atoms with Crippen molar-refractivity contribution < 1.29 is 32.6 Å². The molecule has 0 radical (unpaired) electrons. The van der Waals surface area contributed by atoms with Gasteiger partial charge in [-0.15, -0.1) is 24.5 Å². The molecule has 34 heavy (non-hydrogen) atoms. The predicted octanol–water partition coefficient (Wildman–Crippen LogP) is 5.97. The molecular formula is C25H22F3NO4S. The summed E-state index contributed by atoms with van der Waals surface area (Å²) >= 11 is 1.50. The Kier molecular flexibility index (Phi) is 6.16. The molecule has 1 aliphatic rings. The monoisotopic (exact) mass is 489 g/mol. The first kappa shape index (κ1) is 23.8. The summed E-state index contributed by atoms with van der Waals surface area (Å²) in [6.45, 7) is 3.79. The summed E-state index contributed by atoms with van der Waals surface area (Å²) in [6.07, 6.45) is -2.85. The Hall–Kier alpha value is -3.33. The van der Waals surface area contributed by atoms with E-state index in [0.717, 1.165) is 39.3 Å². The van der Waals surface area contributed by atoms with Gasteiger partial charge >= 0.3 is 12.3 Å². The van der Waals surface area contributed by atoms with E-state index in [1.807, 2.05) is 13.8 Å². The van der Waals surface area contributed by atoms with Crippen LogP contribution in [0.1, 0.15) is 60.0 Å². The number of aryl methyl sites for hydroxylation is 2. The molecule has 178 valence electrons. The Bertz CT molecular complexity index is 1230. The molecule has 1 aliphatic carbocycles. The number of hydrogen-bond acceptors (Lipinski definition) is 4. The molecule has 9 heteroatoms. The number of thiophene rings is 1. The topological polar surface area (TPSA) is 75.6 Å². The Morgan fingerprint density at radius 2 is 1.65 bits per heavy atom. The molecule has 3 aromatic rings. The van der Waals surface area contributed by atoms with E-state index in [1.165, 1.54) is 35.6 Å². The van der Waals surface area contributed by atoms with Crippen LogP contribution in [0.15, 0.2) is 48.5 Å². The molecule has 1 saturated carbocycles. The van der Waals surface area contributed by atoms with Gasteiger partial charge in [-0.2, -0.15) is 0 Å². The molecule has 0 atom stereocenters. The van der Waals surface area contributed by atoms with Gasteiger partial charge in [0.15, 0.2) is 0 Å². The van der Waals surface area contributed by atoms with E-state index < -0.39 is 17.9 Å². The highest BCUT2D eigenvalue weighted by Crippen LogP contribution is 2.46. The minimum Gasteiger partial charge on any atom is -0.478 e. The van der Waals surface area contributed by atoms with Gasteiger partial charge in [0.2, 0.25) is 0 Å². The second-order valence-corrected chi connectivity index (χ2v) is 9.78. The molecule has 2 N–H and O–H groups in total. The van der Waals surface area contributed by atoms with E-state index in [2.05, 4.69) is 10.1 Å². The highest BCUT2D eigenvalue weighted by Gasteiger charge is 2.46. The maximum atomic E-state index is 13.4. The second-order valence-electron chi connectivity index (χ2n) is 8.36. The maximum Gasteiger partial charge on any atom is 0.573 e. The molecule has 0 saturated heterocycles. The van der Waals surface area contributed by atoms with Gasteiger partial charge in [0.05, 0.1) is 16.7 Å². The smallest absolute Gasteiger partial charge is 0.478 e. The fourth-order valence-corrected chi connectivity index (χ4v) is 5.15. The zero-order valence-corrected chi connectivity index (χ0v) is 19.3. The maximum absolute atomic E-state index is 13.4. The molecule has 1 heterocycles. The summed E-state index contributed by atoms with van der Waals surface area (Å²) in [4.78, 5) is 26.3. The fraction of sp³-hybridized carbons (Fsp3) is 0.280. The molecule has 1 amide bonds. The van der Waals surface area contributed by atoms with Crippen molar-refractivity contribution in [1.82, 2.24) is 5.32 Å². The molecule has 0 spiro atoms. The molecule has 0 unspecified atom stereocenters. The lowest BCUT2D eigenvalue weighted by Crippen LogP contribution is -2.35. The number of halogens is 3. The molecule has 1 aromatic heterocycles. The quantitative estimate of drug-likeness (QED) is 0.429. The minimum absolute atomic E-state index is 0.184. The molecule has 0 bridgehead atoms. The van der Waals surface area contributed by atoms with Gasteiger partial charge in [-0.3, -0.25) is 4.79 Å². The van der Waals surface area contributed by atoms with Gasteiger partial charge in [0.25, 0.3) is 5.91 Å². The lowest BCUT2D eigenvalue weighted by Gasteiger charge is -2.19. The lowest BCUT2D eigenvalue weighted by molar-refractivity contribution is -0.274. The number of carboxylic acids is 1. The van der Waals surface area contributed by atoms with Crippen molar-refractivity contribution >= 4 is 23.2 Å². The van der Waals surface area contributed by atoms with Crippen LogP contribution >= 0.6 is 11.3 Å². The van der Waals surface area contributed by atoms with Gasteiger partial charge in [-0.25, -0.2) is 4.79 Å². The minimum atomic E-state index is -4.75. The fourth-order valence-electron chi connectivity index (χ4n) is 4.08. The number of aromatic carboxylic acids is 1. The summed E-state index contributed by atoms with van der Waals surface area (Å²) in [5.41, 5.74) is 2.69. The first-order chi connectivity index (χ1) is 16.0. The number of rotatable bonds is 7. The van der Waals surface area contributed by atoms with Crippen molar-refractivity contribution in [2.24, 2.45) is 0 Å². The van der Waals surface area contributed by atoms with Crippen molar-refractivity contribution in [2.45, 2.75) is 45.0 Å². The molecule has 5 nitrogen and oxygen atoms in total. The number of carboxylic acid groups (broad SMARTS) is 1. The number of ether oxygens (including phenoxy) is 1. The van der Waals surface area contributed by atoms with E-state index in [9.17, 15) is 22.8 Å². The van der Waals surface area contributed by atoms with Crippen molar-refractivity contribution in [3.05, 3.63) is 86.1 Å². The number of benzene rings is 2. The first-order valence-corrected chi connectivity index (χ1v) is 11.4. The summed E-state index contributed by atoms with van der Waals surface area (Å²) in [5.74, 6) is -1.52. The Morgan fingerprint density at radius 3 is 2.18 bits per heavy atom. The van der Waals surface area contributed by atoms with Gasteiger partial charge in [-0.05, 0) is 74.1 Å². The van der Waals surface area contributed by atoms with Crippen molar-refractivity contribution in [2.75, 3.05) is 0 Å². The van der Waals surface area contributed by atoms with Crippen molar-refractivity contribution in [3.63, 3.8) is 0 Å². The first-order valence-electron chi connectivity index (χ1n) is 10.6. The average molecular weight is 490 g/mol. The number of alkyl halides is 3. The largest absolute Gasteiger partial charge is 0.573 e. The van der Waals surface area contributed by atoms with Crippen LogP contribution in [0.4, 0.5) is 13.2 Å². The summed E-state index contributed by atoms with van der Waals surface area (Å²) in [7, 11) is 0. The van der Waals surface area contributed by atoms with Gasteiger partial charge < -0.3 is 15.2 Å². The zero-order chi connectivity index (χ0) is 24.7. The van der Waals surface area contributed by atoms with Crippen LogP contribution in [0.2, 0.25) is 0 Å². The Balaban J connectivity index is 1.54. The lowest BCUT2D eigenvalue weighted by atomic mass is 9.98. The standard InChI is InChI=1S/C25H22F3NO4S/c1-14-20(13-16-3-9-19(10-4-16)33-25(26,27)28)21(15(2)34-14)22(30)29-24(11-12-24)18-7-5-17(6-8-18)23(31)32/h3-10H,11-13H2,1-2H3,(H,29,30)(H,31,32). The second kappa shape index (κ2) is 8.79. The van der Waals surface area contributed by atoms with Crippen LogP contribution in [0.25, 0.3) is 0 Å². The molecule has 0 aliphatic heterocycles. The Labute approximate surface area is 198 Å². The molecule has 1 fully saturated rings. The van der Waals surface area contributed by atoms with Crippen LogP contribution in [0.5, 0.6) is 5.75 Å². The number of carbonyl (C=O) groups is 2. The summed E-state index contributed by atoms with van der Waals surface area (Å²) in [6, 6.07) is 12.2. The van der Waals surface area contributed by atoms with E-state index >= 15 is 0 Å². The number of carbonyl (C=O) groups excluding carboxylic acids is 1. The number of hydrogen-bond donors (Lipinski definition) is 2. The van der Waals surface area contributed by atoms with Crippen molar-refractivity contribution in [1.29, 1.82) is 0 Å².